The lowest BCUT2D eigenvalue weighted by atomic mass is 10.0. The molecule has 0 aliphatic rings. The van der Waals surface area contributed by atoms with Gasteiger partial charge < -0.3 is 5.11 Å². The second kappa shape index (κ2) is 21.1. The lowest BCUT2D eigenvalue weighted by Crippen LogP contribution is -2.06. The molecule has 1 atom stereocenters. The Kier molecular flexibility index (Phi) is 21.0. The first-order chi connectivity index (χ1) is 14.0. The van der Waals surface area contributed by atoms with Crippen LogP contribution in [0.3, 0.4) is 0 Å². The van der Waals surface area contributed by atoms with Gasteiger partial charge in [-0.1, -0.05) is 122 Å². The summed E-state index contributed by atoms with van der Waals surface area (Å²) in [6, 6.07) is 0. The minimum atomic E-state index is -3.78. The third kappa shape index (κ3) is 25.8. The topological polar surface area (TPSA) is 74.6 Å². The van der Waals surface area contributed by atoms with Crippen LogP contribution in [-0.2, 0) is 10.1 Å². The van der Waals surface area contributed by atoms with Gasteiger partial charge >= 0.3 is 0 Å². The van der Waals surface area contributed by atoms with E-state index in [1.54, 1.807) is 0 Å². The molecule has 0 bridgehead atoms. The number of aliphatic hydroxyl groups is 1. The largest absolute Gasteiger partial charge is 0.393 e. The highest BCUT2D eigenvalue weighted by molar-refractivity contribution is 7.85. The zero-order valence-corrected chi connectivity index (χ0v) is 20.1. The molecule has 29 heavy (non-hydrogen) atoms. The Morgan fingerprint density at radius 2 is 0.862 bits per heavy atom. The van der Waals surface area contributed by atoms with Gasteiger partial charge in [-0.05, 0) is 19.3 Å². The summed E-state index contributed by atoms with van der Waals surface area (Å²) < 4.78 is 29.9. The highest BCUT2D eigenvalue weighted by atomic mass is 32.2. The highest BCUT2D eigenvalue weighted by Crippen LogP contribution is 2.15. The fourth-order valence-electron chi connectivity index (χ4n) is 3.91. The number of aliphatic hydroxyl groups excluding tert-OH is 1. The van der Waals surface area contributed by atoms with E-state index in [2.05, 4.69) is 6.92 Å². The molecule has 0 radical (unpaired) electrons. The summed E-state index contributed by atoms with van der Waals surface area (Å²) >= 11 is 0. The van der Waals surface area contributed by atoms with Crippen molar-refractivity contribution in [2.75, 3.05) is 5.75 Å². The van der Waals surface area contributed by atoms with Gasteiger partial charge in [-0.2, -0.15) is 8.42 Å². The SMILES string of the molecule is CCCCCCCCCCCCCCC(O)CCCCCCCCCS(=O)(=O)O. The van der Waals surface area contributed by atoms with Gasteiger partial charge in [0, 0.05) is 0 Å². The fraction of sp³-hybridized carbons (Fsp3) is 1.00. The molecule has 0 saturated heterocycles. The predicted molar refractivity (Wildman–Crippen MR) is 125 cm³/mol. The van der Waals surface area contributed by atoms with Crippen LogP contribution in [-0.4, -0.2) is 29.9 Å². The van der Waals surface area contributed by atoms with Crippen molar-refractivity contribution < 1.29 is 18.1 Å². The van der Waals surface area contributed by atoms with E-state index >= 15 is 0 Å². The minimum absolute atomic E-state index is 0.113. The molecule has 4 nitrogen and oxygen atoms in total. The van der Waals surface area contributed by atoms with Gasteiger partial charge in [0.05, 0.1) is 11.9 Å². The summed E-state index contributed by atoms with van der Waals surface area (Å²) in [5.41, 5.74) is 0. The van der Waals surface area contributed by atoms with Gasteiger partial charge in [0.15, 0.2) is 0 Å². The predicted octanol–water partition coefficient (Wildman–Crippen LogP) is 7.45. The molecule has 0 heterocycles. The first kappa shape index (κ1) is 28.9. The molecule has 0 spiro atoms. The van der Waals surface area contributed by atoms with E-state index in [9.17, 15) is 13.5 Å². The first-order valence-electron chi connectivity index (χ1n) is 12.6. The quantitative estimate of drug-likeness (QED) is 0.129. The van der Waals surface area contributed by atoms with Crippen LogP contribution in [0.15, 0.2) is 0 Å². The molecule has 1 unspecified atom stereocenters. The van der Waals surface area contributed by atoms with E-state index in [0.717, 1.165) is 57.8 Å². The molecule has 0 aromatic rings. The van der Waals surface area contributed by atoms with E-state index < -0.39 is 10.1 Å². The highest BCUT2D eigenvalue weighted by Gasteiger charge is 2.05. The summed E-state index contributed by atoms with van der Waals surface area (Å²) in [4.78, 5) is 0. The molecule has 0 aromatic carbocycles. The van der Waals surface area contributed by atoms with Crippen LogP contribution < -0.4 is 0 Å². The third-order valence-electron chi connectivity index (χ3n) is 5.83. The molecule has 0 rings (SSSR count). The summed E-state index contributed by atoms with van der Waals surface area (Å²) in [6.07, 6.45) is 24.9. The smallest absolute Gasteiger partial charge is 0.264 e. The van der Waals surface area contributed by atoms with Gasteiger partial charge in [-0.3, -0.25) is 4.55 Å². The van der Waals surface area contributed by atoms with Crippen molar-refractivity contribution in [1.29, 1.82) is 0 Å². The normalized spacial score (nSPS) is 13.1. The van der Waals surface area contributed by atoms with Gasteiger partial charge in [0.2, 0.25) is 0 Å². The average molecular weight is 435 g/mol. The van der Waals surface area contributed by atoms with Crippen molar-refractivity contribution >= 4 is 10.1 Å². The van der Waals surface area contributed by atoms with Crippen LogP contribution in [0.5, 0.6) is 0 Å². The Bertz CT molecular complexity index is 423. The molecule has 0 aliphatic carbocycles. The third-order valence-corrected chi connectivity index (χ3v) is 6.64. The number of hydrogen-bond donors (Lipinski definition) is 2. The lowest BCUT2D eigenvalue weighted by molar-refractivity contribution is 0.147. The summed E-state index contributed by atoms with van der Waals surface area (Å²) in [7, 11) is -3.78. The van der Waals surface area contributed by atoms with Crippen molar-refractivity contribution in [3.63, 3.8) is 0 Å². The monoisotopic (exact) mass is 434 g/mol. The standard InChI is InChI=1S/C24H50O4S/c1-2-3-4-5-6-7-8-9-10-12-15-18-21-24(25)22-19-16-13-11-14-17-20-23-29(26,27)28/h24-25H,2-23H2,1H3,(H,26,27,28). The first-order valence-corrected chi connectivity index (χ1v) is 14.2. The number of hydrogen-bond acceptors (Lipinski definition) is 3. The van der Waals surface area contributed by atoms with Crippen LogP contribution >= 0.6 is 0 Å². The molecule has 0 amide bonds. The van der Waals surface area contributed by atoms with Crippen molar-refractivity contribution in [3.8, 4) is 0 Å². The second-order valence-corrected chi connectivity index (χ2v) is 10.5. The fourth-order valence-corrected chi connectivity index (χ4v) is 4.48. The van der Waals surface area contributed by atoms with E-state index in [0.29, 0.717) is 6.42 Å². The summed E-state index contributed by atoms with van der Waals surface area (Å²) in [5, 5.41) is 10.1. The average Bonchev–Trinajstić information content (AvgIpc) is 2.66. The Morgan fingerprint density at radius 1 is 0.552 bits per heavy atom. The van der Waals surface area contributed by atoms with E-state index in [-0.39, 0.29) is 11.9 Å². The van der Waals surface area contributed by atoms with Crippen LogP contribution in [0.2, 0.25) is 0 Å². The minimum Gasteiger partial charge on any atom is -0.393 e. The molecule has 0 fully saturated rings. The van der Waals surface area contributed by atoms with E-state index in [4.69, 9.17) is 4.55 Å². The number of unbranched alkanes of at least 4 members (excludes halogenated alkanes) is 17. The van der Waals surface area contributed by atoms with E-state index in [1.807, 2.05) is 0 Å². The summed E-state index contributed by atoms with van der Waals surface area (Å²) in [5.74, 6) is -0.113. The van der Waals surface area contributed by atoms with Crippen molar-refractivity contribution in [1.82, 2.24) is 0 Å². The summed E-state index contributed by atoms with van der Waals surface area (Å²) in [6.45, 7) is 2.27. The molecule has 0 saturated carbocycles. The van der Waals surface area contributed by atoms with Crippen molar-refractivity contribution in [2.45, 2.75) is 148 Å². The Morgan fingerprint density at radius 3 is 1.21 bits per heavy atom. The Hall–Kier alpha value is -0.130. The van der Waals surface area contributed by atoms with Crippen LogP contribution in [0.1, 0.15) is 142 Å². The lowest BCUT2D eigenvalue weighted by Gasteiger charge is -2.10. The molecule has 176 valence electrons. The van der Waals surface area contributed by atoms with Gasteiger partial charge in [0.1, 0.15) is 0 Å². The maximum absolute atomic E-state index is 10.6. The Balaban J connectivity index is 3.20. The van der Waals surface area contributed by atoms with Gasteiger partial charge in [0.25, 0.3) is 10.1 Å². The molecule has 0 aliphatic heterocycles. The molecule has 2 N–H and O–H groups in total. The molecular weight excluding hydrogens is 384 g/mol. The van der Waals surface area contributed by atoms with Crippen molar-refractivity contribution in [3.05, 3.63) is 0 Å². The van der Waals surface area contributed by atoms with E-state index in [1.165, 1.54) is 70.6 Å². The second-order valence-electron chi connectivity index (χ2n) is 8.88. The van der Waals surface area contributed by atoms with Crippen molar-refractivity contribution in [2.24, 2.45) is 0 Å². The molecule has 5 heteroatoms. The van der Waals surface area contributed by atoms with Gasteiger partial charge in [-0.15, -0.1) is 0 Å². The zero-order valence-electron chi connectivity index (χ0n) is 19.3. The molecule has 0 aromatic heterocycles. The number of rotatable bonds is 23. The van der Waals surface area contributed by atoms with Gasteiger partial charge in [-0.25, -0.2) is 0 Å². The zero-order chi connectivity index (χ0) is 21.6. The maximum Gasteiger partial charge on any atom is 0.264 e. The molecular formula is C24H50O4S. The maximum atomic E-state index is 10.6. The van der Waals surface area contributed by atoms with Crippen LogP contribution in [0.4, 0.5) is 0 Å². The van der Waals surface area contributed by atoms with Crippen LogP contribution in [0.25, 0.3) is 0 Å². The Labute approximate surface area is 182 Å². The van der Waals surface area contributed by atoms with Crippen LogP contribution in [0, 0.1) is 0 Å².